The highest BCUT2D eigenvalue weighted by atomic mass is 16.5. The summed E-state index contributed by atoms with van der Waals surface area (Å²) < 4.78 is 5.84. The summed E-state index contributed by atoms with van der Waals surface area (Å²) in [5, 5.41) is 7.15. The van der Waals surface area contributed by atoms with Crippen LogP contribution in [-0.2, 0) is 4.74 Å². The molecule has 4 rings (SSSR count). The monoisotopic (exact) mass is 333 g/mol. The lowest BCUT2D eigenvalue weighted by atomic mass is 10.1. The van der Waals surface area contributed by atoms with Gasteiger partial charge in [-0.1, -0.05) is 60.7 Å². The number of carbonyl (C=O) groups is 1. The van der Waals surface area contributed by atoms with E-state index in [4.69, 9.17) is 4.74 Å². The minimum atomic E-state index is -0.0876. The number of rotatable bonds is 3. The van der Waals surface area contributed by atoms with Gasteiger partial charge in [0.05, 0.1) is 18.8 Å². The number of amides is 1. The zero-order valence-corrected chi connectivity index (χ0v) is 13.8. The summed E-state index contributed by atoms with van der Waals surface area (Å²) in [5.41, 5.74) is 3.36. The minimum absolute atomic E-state index is 0.0427. The fourth-order valence-electron chi connectivity index (χ4n) is 3.06. The smallest absolute Gasteiger partial charge is 0.272 e. The van der Waals surface area contributed by atoms with Gasteiger partial charge in [-0.25, -0.2) is 0 Å². The number of carbonyl (C=O) groups excluding carboxylic acids is 1. The number of nitrogens with zero attached hydrogens (tertiary/aromatic N) is 2. The standard InChI is InChI=1S/C20H19N3O2/c24-20(18-13-17(21-22-18)15-7-3-1-4-8-15)23-11-12-25-19(14-23)16-9-5-2-6-10-16/h1-10,13,19H,11-12,14H2,(H,21,22)/t19-/m1/s1. The molecule has 1 saturated heterocycles. The fourth-order valence-corrected chi connectivity index (χ4v) is 3.06. The molecular formula is C20H19N3O2. The van der Waals surface area contributed by atoms with E-state index in [9.17, 15) is 4.79 Å². The molecule has 0 aliphatic carbocycles. The van der Waals surface area contributed by atoms with E-state index in [1.807, 2.05) is 71.6 Å². The van der Waals surface area contributed by atoms with Crippen molar-refractivity contribution in [3.05, 3.63) is 78.0 Å². The molecule has 1 amide bonds. The summed E-state index contributed by atoms with van der Waals surface area (Å²) >= 11 is 0. The lowest BCUT2D eigenvalue weighted by Crippen LogP contribution is -2.42. The Morgan fingerprint density at radius 1 is 1.08 bits per heavy atom. The van der Waals surface area contributed by atoms with Gasteiger partial charge in [0.25, 0.3) is 5.91 Å². The predicted molar refractivity (Wildman–Crippen MR) is 95.1 cm³/mol. The summed E-state index contributed by atoms with van der Waals surface area (Å²) in [6.07, 6.45) is -0.0876. The van der Waals surface area contributed by atoms with E-state index < -0.39 is 0 Å². The number of H-pyrrole nitrogens is 1. The quantitative estimate of drug-likeness (QED) is 0.800. The average Bonchev–Trinajstić information content (AvgIpc) is 3.19. The highest BCUT2D eigenvalue weighted by Gasteiger charge is 2.27. The van der Waals surface area contributed by atoms with E-state index >= 15 is 0 Å². The summed E-state index contributed by atoms with van der Waals surface area (Å²) in [6, 6.07) is 21.6. The summed E-state index contributed by atoms with van der Waals surface area (Å²) in [4.78, 5) is 14.6. The SMILES string of the molecule is O=C(c1cc(-c2ccccc2)n[nH]1)N1CCO[C@@H](c2ccccc2)C1. The molecule has 25 heavy (non-hydrogen) atoms. The molecule has 3 aromatic rings. The lowest BCUT2D eigenvalue weighted by molar-refractivity contribution is -0.0230. The molecule has 1 fully saturated rings. The zero-order chi connectivity index (χ0) is 17.1. The van der Waals surface area contributed by atoms with E-state index in [1.54, 1.807) is 0 Å². The van der Waals surface area contributed by atoms with E-state index in [0.29, 0.717) is 25.4 Å². The van der Waals surface area contributed by atoms with Crippen LogP contribution in [0.25, 0.3) is 11.3 Å². The molecule has 5 nitrogen and oxygen atoms in total. The Morgan fingerprint density at radius 3 is 2.56 bits per heavy atom. The lowest BCUT2D eigenvalue weighted by Gasteiger charge is -2.32. The van der Waals surface area contributed by atoms with Crippen LogP contribution in [-0.4, -0.2) is 40.7 Å². The van der Waals surface area contributed by atoms with Crippen molar-refractivity contribution in [2.24, 2.45) is 0 Å². The minimum Gasteiger partial charge on any atom is -0.370 e. The van der Waals surface area contributed by atoms with E-state index in [2.05, 4.69) is 10.2 Å². The number of ether oxygens (including phenoxy) is 1. The third-order valence-corrected chi connectivity index (χ3v) is 4.40. The first kappa shape index (κ1) is 15.6. The number of hydrogen-bond acceptors (Lipinski definition) is 3. The van der Waals surface area contributed by atoms with Gasteiger partial charge in [-0.05, 0) is 11.6 Å². The Labute approximate surface area is 146 Å². The number of morpholine rings is 1. The Hall–Kier alpha value is -2.92. The van der Waals surface area contributed by atoms with Gasteiger partial charge in [0, 0.05) is 12.1 Å². The maximum Gasteiger partial charge on any atom is 0.272 e. The predicted octanol–water partition coefficient (Wildman–Crippen LogP) is 3.29. The van der Waals surface area contributed by atoms with Crippen molar-refractivity contribution in [3.63, 3.8) is 0 Å². The molecule has 126 valence electrons. The number of nitrogens with one attached hydrogen (secondary N) is 1. The molecule has 0 saturated carbocycles. The molecule has 2 aromatic carbocycles. The molecule has 1 aliphatic rings. The van der Waals surface area contributed by atoms with E-state index in [-0.39, 0.29) is 12.0 Å². The molecule has 1 aromatic heterocycles. The first-order valence-corrected chi connectivity index (χ1v) is 8.38. The van der Waals surface area contributed by atoms with E-state index in [0.717, 1.165) is 16.8 Å². The van der Waals surface area contributed by atoms with Gasteiger partial charge in [-0.15, -0.1) is 0 Å². The molecule has 0 radical (unpaired) electrons. The van der Waals surface area contributed by atoms with Crippen LogP contribution in [0, 0.1) is 0 Å². The van der Waals surface area contributed by atoms with Crippen LogP contribution in [0.3, 0.4) is 0 Å². The molecule has 1 N–H and O–H groups in total. The number of benzene rings is 2. The van der Waals surface area contributed by atoms with Gasteiger partial charge >= 0.3 is 0 Å². The average molecular weight is 333 g/mol. The molecule has 0 spiro atoms. The van der Waals surface area contributed by atoms with E-state index in [1.165, 1.54) is 0 Å². The zero-order valence-electron chi connectivity index (χ0n) is 13.8. The van der Waals surface area contributed by atoms with Crippen LogP contribution in [0.4, 0.5) is 0 Å². The maximum absolute atomic E-state index is 12.8. The molecule has 1 aliphatic heterocycles. The van der Waals surface area contributed by atoms with Crippen LogP contribution in [0.1, 0.15) is 22.2 Å². The van der Waals surface area contributed by atoms with Crippen molar-refractivity contribution in [3.8, 4) is 11.3 Å². The van der Waals surface area contributed by atoms with Crippen LogP contribution < -0.4 is 0 Å². The second kappa shape index (κ2) is 6.91. The molecule has 5 heteroatoms. The molecule has 1 atom stereocenters. The molecule has 2 heterocycles. The third kappa shape index (κ3) is 3.32. The van der Waals surface area contributed by atoms with Crippen molar-refractivity contribution in [1.82, 2.24) is 15.1 Å². The molecular weight excluding hydrogens is 314 g/mol. The van der Waals surface area contributed by atoms with Gasteiger partial charge in [0.2, 0.25) is 0 Å². The van der Waals surface area contributed by atoms with Crippen LogP contribution >= 0.6 is 0 Å². The van der Waals surface area contributed by atoms with Crippen LogP contribution in [0.15, 0.2) is 66.7 Å². The van der Waals surface area contributed by atoms with Crippen molar-refractivity contribution in [1.29, 1.82) is 0 Å². The topological polar surface area (TPSA) is 58.2 Å². The van der Waals surface area contributed by atoms with Gasteiger partial charge in [-0.2, -0.15) is 5.10 Å². The highest BCUT2D eigenvalue weighted by molar-refractivity contribution is 5.93. The van der Waals surface area contributed by atoms with Crippen LogP contribution in [0.5, 0.6) is 0 Å². The van der Waals surface area contributed by atoms with Crippen molar-refractivity contribution >= 4 is 5.91 Å². The first-order chi connectivity index (χ1) is 12.3. The second-order valence-electron chi connectivity index (χ2n) is 6.05. The fraction of sp³-hybridized carbons (Fsp3) is 0.200. The largest absolute Gasteiger partial charge is 0.370 e. The summed E-state index contributed by atoms with van der Waals surface area (Å²) in [7, 11) is 0. The normalized spacial score (nSPS) is 17.4. The van der Waals surface area contributed by atoms with Crippen LogP contribution in [0.2, 0.25) is 0 Å². The Bertz CT molecular complexity index is 846. The number of aromatic nitrogens is 2. The van der Waals surface area contributed by atoms with Crippen molar-refractivity contribution < 1.29 is 9.53 Å². The van der Waals surface area contributed by atoms with Crippen molar-refractivity contribution in [2.45, 2.75) is 6.10 Å². The highest BCUT2D eigenvalue weighted by Crippen LogP contribution is 2.24. The summed E-state index contributed by atoms with van der Waals surface area (Å²) in [6.45, 7) is 1.66. The van der Waals surface area contributed by atoms with Crippen molar-refractivity contribution in [2.75, 3.05) is 19.7 Å². The number of hydrogen-bond donors (Lipinski definition) is 1. The number of aromatic amines is 1. The Balaban J connectivity index is 1.50. The first-order valence-electron chi connectivity index (χ1n) is 8.38. The van der Waals surface area contributed by atoms with Gasteiger partial charge in [0.1, 0.15) is 11.8 Å². The third-order valence-electron chi connectivity index (χ3n) is 4.40. The Kier molecular flexibility index (Phi) is 4.31. The summed E-state index contributed by atoms with van der Waals surface area (Å²) in [5.74, 6) is -0.0427. The van der Waals surface area contributed by atoms with Gasteiger partial charge in [0.15, 0.2) is 0 Å². The molecule has 0 bridgehead atoms. The maximum atomic E-state index is 12.8. The Morgan fingerprint density at radius 2 is 1.80 bits per heavy atom. The van der Waals surface area contributed by atoms with Gasteiger partial charge < -0.3 is 9.64 Å². The van der Waals surface area contributed by atoms with Gasteiger partial charge in [-0.3, -0.25) is 9.89 Å². The molecule has 0 unspecified atom stereocenters. The second-order valence-corrected chi connectivity index (χ2v) is 6.05.